The van der Waals surface area contributed by atoms with Crippen molar-refractivity contribution >= 4 is 17.6 Å². The minimum absolute atomic E-state index is 0.0931. The maximum Gasteiger partial charge on any atom is 0.254 e. The Morgan fingerprint density at radius 1 is 1.17 bits per heavy atom. The van der Waals surface area contributed by atoms with Gasteiger partial charge in [-0.2, -0.15) is 0 Å². The van der Waals surface area contributed by atoms with E-state index in [9.17, 15) is 14.4 Å². The highest BCUT2D eigenvalue weighted by Gasteiger charge is 2.31. The van der Waals surface area contributed by atoms with E-state index in [-0.39, 0.29) is 12.4 Å². The molecule has 0 radical (unpaired) electrons. The highest BCUT2D eigenvalue weighted by atomic mass is 16.3. The van der Waals surface area contributed by atoms with Gasteiger partial charge in [-0.05, 0) is 19.8 Å². The van der Waals surface area contributed by atoms with E-state index in [1.165, 1.54) is 12.2 Å². The highest BCUT2D eigenvalue weighted by Crippen LogP contribution is 2.13. The van der Waals surface area contributed by atoms with Crippen molar-refractivity contribution in [3.8, 4) is 0 Å². The number of amides is 2. The van der Waals surface area contributed by atoms with Crippen LogP contribution in [0.15, 0.2) is 12.2 Å². The normalized spacial score (nSPS) is 16.4. The summed E-state index contributed by atoms with van der Waals surface area (Å²) in [6.45, 7) is 1.76. The Kier molecular flexibility index (Phi) is 5.71. The summed E-state index contributed by atoms with van der Waals surface area (Å²) in [6.07, 6.45) is 5.98. The van der Waals surface area contributed by atoms with E-state index < -0.39 is 17.9 Å². The number of nitrogens with zero attached hydrogens (tertiary/aromatic N) is 1. The van der Waals surface area contributed by atoms with Crippen LogP contribution >= 0.6 is 0 Å². The predicted octanol–water partition coefficient (Wildman–Crippen LogP) is 0.812. The van der Waals surface area contributed by atoms with Crippen LogP contribution in [0.1, 0.15) is 39.0 Å². The zero-order valence-corrected chi connectivity index (χ0v) is 10.6. The van der Waals surface area contributed by atoms with Gasteiger partial charge in [0.2, 0.25) is 0 Å². The van der Waals surface area contributed by atoms with Crippen molar-refractivity contribution in [3.05, 3.63) is 12.2 Å². The minimum atomic E-state index is -0.683. The number of hydrogen-bond acceptors (Lipinski definition) is 4. The third-order valence-corrected chi connectivity index (χ3v) is 3.03. The second-order valence-corrected chi connectivity index (χ2v) is 4.41. The van der Waals surface area contributed by atoms with Crippen LogP contribution in [0.5, 0.6) is 0 Å². The van der Waals surface area contributed by atoms with Gasteiger partial charge in [0.1, 0.15) is 0 Å². The molecule has 0 bridgehead atoms. The van der Waals surface area contributed by atoms with Gasteiger partial charge in [-0.15, -0.1) is 0 Å². The van der Waals surface area contributed by atoms with Gasteiger partial charge in [0, 0.05) is 25.2 Å². The molecule has 1 aliphatic heterocycles. The zero-order valence-electron chi connectivity index (χ0n) is 10.6. The zero-order chi connectivity index (χ0) is 13.5. The number of aliphatic hydroxyl groups is 1. The molecule has 1 N–H and O–H groups in total. The maximum absolute atomic E-state index is 11.8. The largest absolute Gasteiger partial charge is 0.396 e. The van der Waals surface area contributed by atoms with Gasteiger partial charge in [-0.1, -0.05) is 12.8 Å². The second kappa shape index (κ2) is 7.06. The third kappa shape index (κ3) is 3.77. The average Bonchev–Trinajstić information content (AvgIpc) is 2.67. The first-order valence-electron chi connectivity index (χ1n) is 6.26. The van der Waals surface area contributed by atoms with E-state index >= 15 is 0 Å². The number of unbranched alkanes of at least 4 members (excludes halogenated alkanes) is 3. The molecule has 0 aliphatic carbocycles. The molecule has 0 saturated carbocycles. The SMILES string of the molecule is CC(C(=O)CCCCCCO)N1C(=O)C=CC1=O. The van der Waals surface area contributed by atoms with Crippen LogP contribution in [-0.4, -0.2) is 40.3 Å². The number of hydrogen-bond donors (Lipinski definition) is 1. The fraction of sp³-hybridized carbons (Fsp3) is 0.615. The Hall–Kier alpha value is -1.49. The Bertz CT molecular complexity index is 344. The van der Waals surface area contributed by atoms with Crippen LogP contribution in [0, 0.1) is 0 Å². The lowest BCUT2D eigenvalue weighted by Crippen LogP contribution is -2.42. The summed E-state index contributed by atoms with van der Waals surface area (Å²) in [6, 6.07) is -0.683. The molecule has 0 aromatic carbocycles. The summed E-state index contributed by atoms with van der Waals surface area (Å²) in [7, 11) is 0. The lowest BCUT2D eigenvalue weighted by atomic mass is 10.0. The van der Waals surface area contributed by atoms with Crippen molar-refractivity contribution < 1.29 is 19.5 Å². The number of carbonyl (C=O) groups excluding carboxylic acids is 3. The molecule has 5 heteroatoms. The molecule has 0 aromatic heterocycles. The molecule has 0 aromatic rings. The summed E-state index contributed by atoms with van der Waals surface area (Å²) in [5.41, 5.74) is 0. The standard InChI is InChI=1S/C13H19NO4/c1-10(14-12(17)7-8-13(14)18)11(16)6-4-2-3-5-9-15/h7-8,10,15H,2-6,9H2,1H3. The Labute approximate surface area is 106 Å². The van der Waals surface area contributed by atoms with Gasteiger partial charge in [0.25, 0.3) is 11.8 Å². The van der Waals surface area contributed by atoms with E-state index in [2.05, 4.69) is 0 Å². The molecule has 1 heterocycles. The Morgan fingerprint density at radius 2 is 1.72 bits per heavy atom. The van der Waals surface area contributed by atoms with Crippen molar-refractivity contribution in [2.24, 2.45) is 0 Å². The lowest BCUT2D eigenvalue weighted by Gasteiger charge is -2.21. The third-order valence-electron chi connectivity index (χ3n) is 3.03. The number of imide groups is 1. The monoisotopic (exact) mass is 253 g/mol. The Morgan fingerprint density at radius 3 is 2.28 bits per heavy atom. The van der Waals surface area contributed by atoms with Crippen molar-refractivity contribution in [1.29, 1.82) is 0 Å². The highest BCUT2D eigenvalue weighted by molar-refractivity contribution is 6.15. The van der Waals surface area contributed by atoms with Crippen molar-refractivity contribution in [3.63, 3.8) is 0 Å². The van der Waals surface area contributed by atoms with Crippen molar-refractivity contribution in [2.45, 2.75) is 45.1 Å². The van der Waals surface area contributed by atoms with Crippen LogP contribution < -0.4 is 0 Å². The van der Waals surface area contributed by atoms with Gasteiger partial charge in [0.15, 0.2) is 5.78 Å². The summed E-state index contributed by atoms with van der Waals surface area (Å²) >= 11 is 0. The molecular formula is C13H19NO4. The van der Waals surface area contributed by atoms with Gasteiger partial charge in [0.05, 0.1) is 6.04 Å². The fourth-order valence-corrected chi connectivity index (χ4v) is 1.91. The van der Waals surface area contributed by atoms with Crippen LogP contribution in [0.3, 0.4) is 0 Å². The first-order chi connectivity index (χ1) is 8.57. The number of carbonyl (C=O) groups is 3. The van der Waals surface area contributed by atoms with Crippen LogP contribution in [-0.2, 0) is 14.4 Å². The number of aliphatic hydroxyl groups excluding tert-OH is 1. The number of ketones is 1. The van der Waals surface area contributed by atoms with Crippen LogP contribution in [0.2, 0.25) is 0 Å². The Balaban J connectivity index is 2.33. The number of Topliss-reactive ketones (excluding diaryl/α,β-unsaturated/α-hetero) is 1. The van der Waals surface area contributed by atoms with Crippen LogP contribution in [0.4, 0.5) is 0 Å². The molecule has 1 atom stereocenters. The molecule has 100 valence electrons. The maximum atomic E-state index is 11.8. The van der Waals surface area contributed by atoms with Gasteiger partial charge >= 0.3 is 0 Å². The van der Waals surface area contributed by atoms with Crippen LogP contribution in [0.25, 0.3) is 0 Å². The predicted molar refractivity (Wildman–Crippen MR) is 65.6 cm³/mol. The van der Waals surface area contributed by atoms with E-state index in [1.54, 1.807) is 6.92 Å². The van der Waals surface area contributed by atoms with E-state index in [0.717, 1.165) is 30.6 Å². The van der Waals surface area contributed by atoms with Crippen molar-refractivity contribution in [2.75, 3.05) is 6.61 Å². The topological polar surface area (TPSA) is 74.7 Å². The molecule has 18 heavy (non-hydrogen) atoms. The summed E-state index contributed by atoms with van der Waals surface area (Å²) < 4.78 is 0. The summed E-state index contributed by atoms with van der Waals surface area (Å²) in [5, 5.41) is 8.61. The van der Waals surface area contributed by atoms with Gasteiger partial charge < -0.3 is 5.11 Å². The fourth-order valence-electron chi connectivity index (χ4n) is 1.91. The summed E-state index contributed by atoms with van der Waals surface area (Å²) in [5.74, 6) is -0.924. The molecule has 0 spiro atoms. The first-order valence-corrected chi connectivity index (χ1v) is 6.26. The molecule has 1 rings (SSSR count). The second-order valence-electron chi connectivity index (χ2n) is 4.41. The molecule has 1 aliphatic rings. The average molecular weight is 253 g/mol. The van der Waals surface area contributed by atoms with E-state index in [4.69, 9.17) is 5.11 Å². The smallest absolute Gasteiger partial charge is 0.254 e. The lowest BCUT2D eigenvalue weighted by molar-refractivity contribution is -0.144. The molecular weight excluding hydrogens is 234 g/mol. The summed E-state index contributed by atoms with van der Waals surface area (Å²) in [4.78, 5) is 35.6. The van der Waals surface area contributed by atoms with E-state index in [0.29, 0.717) is 6.42 Å². The molecule has 1 unspecified atom stereocenters. The van der Waals surface area contributed by atoms with Gasteiger partial charge in [-0.3, -0.25) is 19.3 Å². The first kappa shape index (κ1) is 14.6. The van der Waals surface area contributed by atoms with Crippen molar-refractivity contribution in [1.82, 2.24) is 4.90 Å². The number of rotatable bonds is 8. The minimum Gasteiger partial charge on any atom is -0.396 e. The molecule has 0 fully saturated rings. The van der Waals surface area contributed by atoms with E-state index in [1.807, 2.05) is 0 Å². The molecule has 5 nitrogen and oxygen atoms in total. The molecule has 0 saturated heterocycles. The quantitative estimate of drug-likeness (QED) is 0.513. The molecule has 2 amide bonds. The van der Waals surface area contributed by atoms with Gasteiger partial charge in [-0.25, -0.2) is 0 Å².